The predicted molar refractivity (Wildman–Crippen MR) is 75.1 cm³/mol. The fraction of sp³-hybridized carbons (Fsp3) is 0.133. The summed E-state index contributed by atoms with van der Waals surface area (Å²) in [5.41, 5.74) is 2.04. The molecular weight excluding hydrogens is 256 g/mol. The first kappa shape index (κ1) is 13.7. The van der Waals surface area contributed by atoms with Gasteiger partial charge in [0.25, 0.3) is 5.91 Å². The van der Waals surface area contributed by atoms with Crippen LogP contribution in [0, 0.1) is 6.92 Å². The van der Waals surface area contributed by atoms with Gasteiger partial charge in [0.2, 0.25) is 0 Å². The molecule has 0 aliphatic carbocycles. The molecule has 1 aromatic heterocycles. The van der Waals surface area contributed by atoms with E-state index < -0.39 is 5.97 Å². The highest BCUT2D eigenvalue weighted by molar-refractivity contribution is 6.05. The fourth-order valence-electron chi connectivity index (χ4n) is 1.87. The number of hydrogen-bond donors (Lipinski definition) is 1. The van der Waals surface area contributed by atoms with Crippen LogP contribution < -0.4 is 4.90 Å². The lowest BCUT2D eigenvalue weighted by Gasteiger charge is -2.19. The van der Waals surface area contributed by atoms with Gasteiger partial charge in [0.05, 0.1) is 5.56 Å². The first-order chi connectivity index (χ1) is 9.50. The lowest BCUT2D eigenvalue weighted by molar-refractivity contribution is 0.0695. The Morgan fingerprint density at radius 3 is 2.40 bits per heavy atom. The Morgan fingerprint density at radius 2 is 1.85 bits per heavy atom. The van der Waals surface area contributed by atoms with Crippen molar-refractivity contribution in [2.24, 2.45) is 0 Å². The molecule has 0 bridgehead atoms. The topological polar surface area (TPSA) is 70.5 Å². The van der Waals surface area contributed by atoms with Crippen LogP contribution in [0.3, 0.4) is 0 Å². The number of hydrogen-bond acceptors (Lipinski definition) is 3. The van der Waals surface area contributed by atoms with Gasteiger partial charge in [-0.15, -0.1) is 0 Å². The number of rotatable bonds is 3. The highest BCUT2D eigenvalue weighted by atomic mass is 16.4. The average molecular weight is 270 g/mol. The quantitative estimate of drug-likeness (QED) is 0.929. The van der Waals surface area contributed by atoms with E-state index in [0.717, 1.165) is 11.3 Å². The molecule has 0 atom stereocenters. The Balaban J connectivity index is 2.27. The van der Waals surface area contributed by atoms with Crippen molar-refractivity contribution < 1.29 is 14.7 Å². The summed E-state index contributed by atoms with van der Waals surface area (Å²) < 4.78 is 0. The van der Waals surface area contributed by atoms with Gasteiger partial charge < -0.3 is 10.0 Å². The van der Waals surface area contributed by atoms with Crippen LogP contribution in [-0.2, 0) is 0 Å². The molecule has 0 saturated heterocycles. The number of para-hydroxylation sites is 1. The standard InChI is InChI=1S/C15H14N2O3/c1-10-5-3-4-6-13(10)17(2)14(18)12-8-7-11(9-16-12)15(19)20/h3-9H,1-2H3,(H,19,20). The van der Waals surface area contributed by atoms with Gasteiger partial charge in [-0.1, -0.05) is 18.2 Å². The molecule has 0 spiro atoms. The second kappa shape index (κ2) is 5.52. The Labute approximate surface area is 116 Å². The van der Waals surface area contributed by atoms with Gasteiger partial charge in [-0.2, -0.15) is 0 Å². The van der Waals surface area contributed by atoms with E-state index >= 15 is 0 Å². The molecule has 0 aliphatic heterocycles. The minimum absolute atomic E-state index is 0.0556. The molecule has 5 nitrogen and oxygen atoms in total. The Morgan fingerprint density at radius 1 is 1.15 bits per heavy atom. The van der Waals surface area contributed by atoms with Crippen molar-refractivity contribution in [3.8, 4) is 0 Å². The van der Waals surface area contributed by atoms with E-state index in [9.17, 15) is 9.59 Å². The van der Waals surface area contributed by atoms with Crippen LogP contribution in [0.5, 0.6) is 0 Å². The second-order valence-corrected chi connectivity index (χ2v) is 4.39. The van der Waals surface area contributed by atoms with Crippen molar-refractivity contribution in [2.45, 2.75) is 6.92 Å². The zero-order valence-electron chi connectivity index (χ0n) is 11.2. The third-order valence-electron chi connectivity index (χ3n) is 3.01. The first-order valence-corrected chi connectivity index (χ1v) is 6.03. The molecule has 0 unspecified atom stereocenters. The van der Waals surface area contributed by atoms with Gasteiger partial charge in [-0.3, -0.25) is 9.78 Å². The molecule has 0 saturated carbocycles. The summed E-state index contributed by atoms with van der Waals surface area (Å²) >= 11 is 0. The third-order valence-corrected chi connectivity index (χ3v) is 3.01. The van der Waals surface area contributed by atoms with Gasteiger partial charge in [-0.05, 0) is 30.7 Å². The van der Waals surface area contributed by atoms with E-state index in [-0.39, 0.29) is 17.2 Å². The lowest BCUT2D eigenvalue weighted by Crippen LogP contribution is -2.27. The van der Waals surface area contributed by atoms with Gasteiger partial charge in [0.15, 0.2) is 0 Å². The lowest BCUT2D eigenvalue weighted by atomic mass is 10.1. The molecule has 2 aromatic rings. The number of pyridine rings is 1. The van der Waals surface area contributed by atoms with E-state index in [4.69, 9.17) is 5.11 Å². The molecule has 102 valence electrons. The monoisotopic (exact) mass is 270 g/mol. The van der Waals surface area contributed by atoms with Crippen molar-refractivity contribution in [1.82, 2.24) is 4.98 Å². The molecule has 0 aliphatic rings. The van der Waals surface area contributed by atoms with Crippen LogP contribution in [0.4, 0.5) is 5.69 Å². The summed E-state index contributed by atoms with van der Waals surface area (Å²) in [7, 11) is 1.66. The van der Waals surface area contributed by atoms with Crippen molar-refractivity contribution in [3.05, 3.63) is 59.4 Å². The maximum absolute atomic E-state index is 12.3. The fourth-order valence-corrected chi connectivity index (χ4v) is 1.87. The largest absolute Gasteiger partial charge is 0.478 e. The summed E-state index contributed by atoms with van der Waals surface area (Å²) in [6, 6.07) is 10.3. The number of carbonyl (C=O) groups is 2. The number of anilines is 1. The van der Waals surface area contributed by atoms with Gasteiger partial charge in [0, 0.05) is 18.9 Å². The number of carboxylic acid groups (broad SMARTS) is 1. The van der Waals surface area contributed by atoms with E-state index in [2.05, 4.69) is 4.98 Å². The molecular formula is C15H14N2O3. The Kier molecular flexibility index (Phi) is 3.79. The van der Waals surface area contributed by atoms with Gasteiger partial charge in [0.1, 0.15) is 5.69 Å². The summed E-state index contributed by atoms with van der Waals surface area (Å²) in [6.45, 7) is 1.92. The number of aromatic carboxylic acids is 1. The molecule has 5 heteroatoms. The molecule has 20 heavy (non-hydrogen) atoms. The minimum Gasteiger partial charge on any atom is -0.478 e. The van der Waals surface area contributed by atoms with Crippen LogP contribution in [0.25, 0.3) is 0 Å². The Bertz CT molecular complexity index is 650. The van der Waals surface area contributed by atoms with Gasteiger partial charge in [-0.25, -0.2) is 4.79 Å². The summed E-state index contributed by atoms with van der Waals surface area (Å²) in [5, 5.41) is 8.80. The SMILES string of the molecule is Cc1ccccc1N(C)C(=O)c1ccc(C(=O)O)cn1. The minimum atomic E-state index is -1.07. The summed E-state index contributed by atoms with van der Waals surface area (Å²) in [6.07, 6.45) is 1.18. The van der Waals surface area contributed by atoms with E-state index in [1.54, 1.807) is 7.05 Å². The smallest absolute Gasteiger partial charge is 0.337 e. The number of carbonyl (C=O) groups excluding carboxylic acids is 1. The number of nitrogens with zero attached hydrogens (tertiary/aromatic N) is 2. The van der Waals surface area contributed by atoms with Crippen LogP contribution in [0.2, 0.25) is 0 Å². The number of carboxylic acids is 1. The molecule has 2 rings (SSSR count). The molecule has 0 radical (unpaired) electrons. The van der Waals surface area contributed by atoms with Crippen molar-refractivity contribution in [1.29, 1.82) is 0 Å². The van der Waals surface area contributed by atoms with Crippen LogP contribution in [0.1, 0.15) is 26.4 Å². The normalized spacial score (nSPS) is 10.1. The highest BCUT2D eigenvalue weighted by Gasteiger charge is 2.16. The first-order valence-electron chi connectivity index (χ1n) is 6.03. The molecule has 0 fully saturated rings. The second-order valence-electron chi connectivity index (χ2n) is 4.39. The van der Waals surface area contributed by atoms with Crippen LogP contribution >= 0.6 is 0 Å². The summed E-state index contributed by atoms with van der Waals surface area (Å²) in [4.78, 5) is 28.4. The Hall–Kier alpha value is -2.69. The molecule has 1 aromatic carbocycles. The zero-order chi connectivity index (χ0) is 14.7. The van der Waals surface area contributed by atoms with E-state index in [1.165, 1.54) is 23.2 Å². The van der Waals surface area contributed by atoms with Gasteiger partial charge >= 0.3 is 5.97 Å². The highest BCUT2D eigenvalue weighted by Crippen LogP contribution is 2.19. The third kappa shape index (κ3) is 2.66. The molecule has 1 heterocycles. The maximum atomic E-state index is 12.3. The number of aromatic nitrogens is 1. The number of benzene rings is 1. The maximum Gasteiger partial charge on any atom is 0.337 e. The van der Waals surface area contributed by atoms with E-state index in [1.807, 2.05) is 31.2 Å². The van der Waals surface area contributed by atoms with Crippen LogP contribution in [0.15, 0.2) is 42.6 Å². The average Bonchev–Trinajstić information content (AvgIpc) is 2.46. The van der Waals surface area contributed by atoms with Crippen molar-refractivity contribution >= 4 is 17.6 Å². The molecule has 1 N–H and O–H groups in total. The number of aryl methyl sites for hydroxylation is 1. The van der Waals surface area contributed by atoms with Crippen molar-refractivity contribution in [3.63, 3.8) is 0 Å². The predicted octanol–water partition coefficient (Wildman–Crippen LogP) is 2.36. The number of amides is 1. The molecule has 1 amide bonds. The van der Waals surface area contributed by atoms with E-state index in [0.29, 0.717) is 0 Å². The van der Waals surface area contributed by atoms with Crippen molar-refractivity contribution in [2.75, 3.05) is 11.9 Å². The van der Waals surface area contributed by atoms with Crippen LogP contribution in [-0.4, -0.2) is 29.0 Å². The summed E-state index contributed by atoms with van der Waals surface area (Å²) in [5.74, 6) is -1.35. The zero-order valence-corrected chi connectivity index (χ0v) is 11.2.